The number of rotatable bonds is 2. The molecule has 1 atom stereocenters. The summed E-state index contributed by atoms with van der Waals surface area (Å²) in [5, 5.41) is 0. The summed E-state index contributed by atoms with van der Waals surface area (Å²) in [4.78, 5) is 7.20. The van der Waals surface area contributed by atoms with Crippen LogP contribution in [0.2, 0.25) is 0 Å². The molecule has 0 bridgehead atoms. The summed E-state index contributed by atoms with van der Waals surface area (Å²) < 4.78 is 0. The van der Waals surface area contributed by atoms with Gasteiger partial charge in [0.2, 0.25) is 0 Å². The zero-order valence-corrected chi connectivity index (χ0v) is 10.2. The fourth-order valence-corrected chi connectivity index (χ4v) is 2.09. The first kappa shape index (κ1) is 11.3. The Balaban J connectivity index is 2.01. The van der Waals surface area contributed by atoms with E-state index in [0.717, 1.165) is 25.9 Å². The molecule has 0 spiro atoms. The Morgan fingerprint density at radius 3 is 2.38 bits per heavy atom. The molecule has 2 rings (SSSR count). The lowest BCUT2D eigenvalue weighted by Gasteiger charge is -2.24. The highest BCUT2D eigenvalue weighted by atomic mass is 15.1. The third-order valence-corrected chi connectivity index (χ3v) is 3.22. The molecule has 1 heterocycles. The van der Waals surface area contributed by atoms with E-state index in [1.54, 1.807) is 0 Å². The van der Waals surface area contributed by atoms with Crippen molar-refractivity contribution in [2.45, 2.75) is 25.8 Å². The number of hydrogen-bond acceptors (Lipinski definition) is 2. The van der Waals surface area contributed by atoms with Gasteiger partial charge in [0.05, 0.1) is 6.04 Å². The van der Waals surface area contributed by atoms with Gasteiger partial charge in [-0.05, 0) is 32.4 Å². The summed E-state index contributed by atoms with van der Waals surface area (Å²) >= 11 is 0. The number of piperidine rings is 1. The average Bonchev–Trinajstić information content (AvgIpc) is 2.33. The number of benzene rings is 1. The molecule has 0 aromatic heterocycles. The molecule has 1 aromatic rings. The number of likely N-dealkylation sites (tertiary alicyclic amines) is 1. The van der Waals surface area contributed by atoms with Gasteiger partial charge in [0.15, 0.2) is 0 Å². The second kappa shape index (κ2) is 5.26. The van der Waals surface area contributed by atoms with Gasteiger partial charge in [0.25, 0.3) is 0 Å². The molecule has 0 unspecified atom stereocenters. The Morgan fingerprint density at radius 2 is 1.75 bits per heavy atom. The fraction of sp³-hybridized carbons (Fsp3) is 0.500. The summed E-state index contributed by atoms with van der Waals surface area (Å²) in [6, 6.07) is 10.8. The van der Waals surface area contributed by atoms with Gasteiger partial charge >= 0.3 is 0 Å². The SMILES string of the molecule is C[C@@H](N=C1CCN(C)CC1)c1ccccc1. The van der Waals surface area contributed by atoms with Crippen LogP contribution in [-0.2, 0) is 0 Å². The third-order valence-electron chi connectivity index (χ3n) is 3.22. The van der Waals surface area contributed by atoms with E-state index in [1.165, 1.54) is 11.3 Å². The number of nitrogens with zero attached hydrogens (tertiary/aromatic N) is 2. The Labute approximate surface area is 98.0 Å². The standard InChI is InChI=1S/C14H20N2/c1-12(13-6-4-3-5-7-13)15-14-8-10-16(2)11-9-14/h3-7,12H,8-11H2,1-2H3/t12-/m1/s1. The van der Waals surface area contributed by atoms with Crippen LogP contribution >= 0.6 is 0 Å². The summed E-state index contributed by atoms with van der Waals surface area (Å²) in [6.07, 6.45) is 2.27. The van der Waals surface area contributed by atoms with Crippen molar-refractivity contribution in [3.8, 4) is 0 Å². The molecule has 1 saturated heterocycles. The topological polar surface area (TPSA) is 15.6 Å². The van der Waals surface area contributed by atoms with Gasteiger partial charge in [-0.2, -0.15) is 0 Å². The van der Waals surface area contributed by atoms with Crippen LogP contribution in [-0.4, -0.2) is 30.7 Å². The second-order valence-corrected chi connectivity index (χ2v) is 4.59. The minimum atomic E-state index is 0.305. The van der Waals surface area contributed by atoms with Crippen LogP contribution in [0, 0.1) is 0 Å². The molecule has 0 aliphatic carbocycles. The van der Waals surface area contributed by atoms with E-state index >= 15 is 0 Å². The second-order valence-electron chi connectivity index (χ2n) is 4.59. The van der Waals surface area contributed by atoms with E-state index in [-0.39, 0.29) is 0 Å². The van der Waals surface area contributed by atoms with E-state index in [1.807, 2.05) is 0 Å². The van der Waals surface area contributed by atoms with Gasteiger partial charge < -0.3 is 4.90 Å². The Morgan fingerprint density at radius 1 is 1.12 bits per heavy atom. The van der Waals surface area contributed by atoms with Crippen molar-refractivity contribution < 1.29 is 0 Å². The monoisotopic (exact) mass is 216 g/mol. The quantitative estimate of drug-likeness (QED) is 0.742. The zero-order chi connectivity index (χ0) is 11.4. The first-order valence-electron chi connectivity index (χ1n) is 6.05. The fourth-order valence-electron chi connectivity index (χ4n) is 2.09. The van der Waals surface area contributed by atoms with Crippen LogP contribution in [0.3, 0.4) is 0 Å². The maximum Gasteiger partial charge on any atom is 0.0720 e. The molecule has 0 saturated carbocycles. The normalized spacial score (nSPS) is 19.5. The van der Waals surface area contributed by atoms with E-state index in [2.05, 4.69) is 49.2 Å². The first-order chi connectivity index (χ1) is 7.75. The molecule has 86 valence electrons. The van der Waals surface area contributed by atoms with Crippen molar-refractivity contribution in [3.05, 3.63) is 35.9 Å². The third kappa shape index (κ3) is 2.92. The Hall–Kier alpha value is -1.15. The lowest BCUT2D eigenvalue weighted by Crippen LogP contribution is -2.30. The maximum absolute atomic E-state index is 4.83. The summed E-state index contributed by atoms with van der Waals surface area (Å²) in [5.41, 5.74) is 2.70. The van der Waals surface area contributed by atoms with Gasteiger partial charge in [0.1, 0.15) is 0 Å². The van der Waals surface area contributed by atoms with Crippen molar-refractivity contribution in [1.29, 1.82) is 0 Å². The molecular weight excluding hydrogens is 196 g/mol. The largest absolute Gasteiger partial charge is 0.306 e. The predicted octanol–water partition coefficient (Wildman–Crippen LogP) is 2.91. The molecule has 1 aromatic carbocycles. The molecule has 1 fully saturated rings. The van der Waals surface area contributed by atoms with Gasteiger partial charge in [-0.15, -0.1) is 0 Å². The van der Waals surface area contributed by atoms with Crippen molar-refractivity contribution in [2.24, 2.45) is 4.99 Å². The van der Waals surface area contributed by atoms with Gasteiger partial charge in [-0.25, -0.2) is 0 Å². The molecule has 2 heteroatoms. The summed E-state index contributed by atoms with van der Waals surface area (Å²) in [6.45, 7) is 4.49. The first-order valence-corrected chi connectivity index (χ1v) is 6.05. The molecule has 0 amide bonds. The van der Waals surface area contributed by atoms with Crippen LogP contribution in [0.25, 0.3) is 0 Å². The smallest absolute Gasteiger partial charge is 0.0720 e. The molecule has 1 aliphatic heterocycles. The highest BCUT2D eigenvalue weighted by Gasteiger charge is 2.12. The Kier molecular flexibility index (Phi) is 3.73. The highest BCUT2D eigenvalue weighted by Crippen LogP contribution is 2.18. The lowest BCUT2D eigenvalue weighted by molar-refractivity contribution is 0.335. The van der Waals surface area contributed by atoms with Crippen molar-refractivity contribution >= 4 is 5.71 Å². The van der Waals surface area contributed by atoms with E-state index in [9.17, 15) is 0 Å². The number of aliphatic imine (C=N–C) groups is 1. The van der Waals surface area contributed by atoms with Crippen LogP contribution in [0.15, 0.2) is 35.3 Å². The predicted molar refractivity (Wildman–Crippen MR) is 69.0 cm³/mol. The van der Waals surface area contributed by atoms with Crippen LogP contribution in [0.4, 0.5) is 0 Å². The molecule has 1 aliphatic rings. The van der Waals surface area contributed by atoms with Crippen molar-refractivity contribution in [1.82, 2.24) is 4.90 Å². The minimum Gasteiger partial charge on any atom is -0.306 e. The lowest BCUT2D eigenvalue weighted by atomic mass is 10.1. The van der Waals surface area contributed by atoms with Crippen LogP contribution < -0.4 is 0 Å². The van der Waals surface area contributed by atoms with Crippen LogP contribution in [0.1, 0.15) is 31.4 Å². The number of hydrogen-bond donors (Lipinski definition) is 0. The molecular formula is C14H20N2. The zero-order valence-electron chi connectivity index (χ0n) is 10.2. The van der Waals surface area contributed by atoms with Gasteiger partial charge in [-0.1, -0.05) is 30.3 Å². The van der Waals surface area contributed by atoms with Crippen molar-refractivity contribution in [3.63, 3.8) is 0 Å². The highest BCUT2D eigenvalue weighted by molar-refractivity contribution is 5.85. The maximum atomic E-state index is 4.83. The van der Waals surface area contributed by atoms with E-state index < -0.39 is 0 Å². The van der Waals surface area contributed by atoms with E-state index in [0.29, 0.717) is 6.04 Å². The van der Waals surface area contributed by atoms with E-state index in [4.69, 9.17) is 4.99 Å². The van der Waals surface area contributed by atoms with Gasteiger partial charge in [0, 0.05) is 18.8 Å². The molecule has 16 heavy (non-hydrogen) atoms. The van der Waals surface area contributed by atoms with Crippen molar-refractivity contribution in [2.75, 3.05) is 20.1 Å². The summed E-state index contributed by atoms with van der Waals surface area (Å²) in [7, 11) is 2.18. The van der Waals surface area contributed by atoms with Gasteiger partial charge in [-0.3, -0.25) is 4.99 Å². The molecule has 0 radical (unpaired) electrons. The average molecular weight is 216 g/mol. The molecule has 2 nitrogen and oxygen atoms in total. The molecule has 0 N–H and O–H groups in total. The Bertz CT molecular complexity index is 346. The minimum absolute atomic E-state index is 0.305. The summed E-state index contributed by atoms with van der Waals surface area (Å²) in [5.74, 6) is 0. The van der Waals surface area contributed by atoms with Crippen LogP contribution in [0.5, 0.6) is 0 Å².